The third-order valence-corrected chi connectivity index (χ3v) is 6.70. The predicted molar refractivity (Wildman–Crippen MR) is 134 cm³/mol. The third kappa shape index (κ3) is 5.56. The number of aliphatic hydroxyl groups excluding tert-OH is 1. The number of hydrogen-bond acceptors (Lipinski definition) is 8. The number of anilines is 1. The van der Waals surface area contributed by atoms with Crippen molar-refractivity contribution in [2.24, 2.45) is 5.92 Å². The Bertz CT molecular complexity index is 1460. The predicted octanol–water partition coefficient (Wildman–Crippen LogP) is 2.72. The molecule has 1 fully saturated rings. The van der Waals surface area contributed by atoms with Crippen molar-refractivity contribution >= 4 is 17.5 Å². The van der Waals surface area contributed by atoms with Crippen molar-refractivity contribution in [2.75, 3.05) is 25.6 Å². The molecule has 4 aromatic rings. The van der Waals surface area contributed by atoms with E-state index in [0.717, 1.165) is 6.07 Å². The molecule has 0 aliphatic carbocycles. The standard InChI is InChI=1S/C25H27F3N8O3/c1-14(13-37)32-23(38)19-8-17(11-36-22(19)33-24(29)34-36)18-10-31-35(12-18)21(15-4-6-39-7-5-15)16-2-3-20(30-9-16)25(26,27)28/h2-3,8-12,14-15,21,37H,4-7,13H2,1H3,(H2,29,34)(H,32,38). The molecule has 1 aliphatic heterocycles. The molecule has 1 aliphatic rings. The molecule has 1 saturated heterocycles. The van der Waals surface area contributed by atoms with Gasteiger partial charge in [0.05, 0.1) is 24.4 Å². The quantitative estimate of drug-likeness (QED) is 0.322. The van der Waals surface area contributed by atoms with Crippen molar-refractivity contribution < 1.29 is 27.8 Å². The lowest BCUT2D eigenvalue weighted by molar-refractivity contribution is -0.141. The lowest BCUT2D eigenvalue weighted by Gasteiger charge is -2.30. The number of ether oxygens (including phenoxy) is 1. The second-order valence-corrected chi connectivity index (χ2v) is 9.52. The number of pyridine rings is 2. The van der Waals surface area contributed by atoms with Gasteiger partial charge in [0, 0.05) is 49.0 Å². The number of aliphatic hydroxyl groups is 1. The van der Waals surface area contributed by atoms with Crippen LogP contribution in [-0.4, -0.2) is 66.2 Å². The summed E-state index contributed by atoms with van der Waals surface area (Å²) in [7, 11) is 0. The summed E-state index contributed by atoms with van der Waals surface area (Å²) >= 11 is 0. The highest BCUT2D eigenvalue weighted by molar-refractivity contribution is 6.01. The summed E-state index contributed by atoms with van der Waals surface area (Å²) in [5.74, 6) is -0.412. The number of hydrogen-bond donors (Lipinski definition) is 3. The molecule has 1 amide bonds. The van der Waals surface area contributed by atoms with Crippen LogP contribution in [0, 0.1) is 5.92 Å². The second-order valence-electron chi connectivity index (χ2n) is 9.52. The first-order chi connectivity index (χ1) is 18.6. The van der Waals surface area contributed by atoms with Crippen molar-refractivity contribution in [3.8, 4) is 11.1 Å². The Hall–Kier alpha value is -4.04. The van der Waals surface area contributed by atoms with Crippen LogP contribution in [0.1, 0.15) is 47.4 Å². The Labute approximate surface area is 220 Å². The number of nitrogens with one attached hydrogen (secondary N) is 1. The first kappa shape index (κ1) is 26.6. The Kier molecular flexibility index (Phi) is 7.23. The molecule has 0 spiro atoms. The van der Waals surface area contributed by atoms with Crippen LogP contribution in [0.5, 0.6) is 0 Å². The Morgan fingerprint density at radius 3 is 2.67 bits per heavy atom. The average Bonchev–Trinajstić information content (AvgIpc) is 3.54. The van der Waals surface area contributed by atoms with Gasteiger partial charge in [0.1, 0.15) is 5.69 Å². The number of alkyl halides is 3. The molecule has 4 aromatic heterocycles. The zero-order chi connectivity index (χ0) is 27.7. The van der Waals surface area contributed by atoms with Crippen molar-refractivity contribution in [1.29, 1.82) is 0 Å². The second kappa shape index (κ2) is 10.6. The maximum atomic E-state index is 13.1. The molecule has 5 rings (SSSR count). The number of nitrogens with zero attached hydrogens (tertiary/aromatic N) is 6. The lowest BCUT2D eigenvalue weighted by Crippen LogP contribution is -2.35. The van der Waals surface area contributed by atoms with Gasteiger partial charge in [-0.15, -0.1) is 5.10 Å². The summed E-state index contributed by atoms with van der Waals surface area (Å²) in [5, 5.41) is 20.7. The molecule has 0 radical (unpaired) electrons. The number of halogens is 3. The molecular weight excluding hydrogens is 517 g/mol. The molecule has 0 bridgehead atoms. The fourth-order valence-electron chi connectivity index (χ4n) is 4.73. The van der Waals surface area contributed by atoms with Crippen LogP contribution < -0.4 is 11.1 Å². The molecule has 2 unspecified atom stereocenters. The Morgan fingerprint density at radius 1 is 1.23 bits per heavy atom. The number of aromatic nitrogens is 6. The summed E-state index contributed by atoms with van der Waals surface area (Å²) in [6.07, 6.45) is 3.18. The number of carbonyl (C=O) groups excluding carboxylic acids is 1. The molecule has 5 heterocycles. The largest absolute Gasteiger partial charge is 0.433 e. The van der Waals surface area contributed by atoms with E-state index < -0.39 is 23.8 Å². The van der Waals surface area contributed by atoms with E-state index in [-0.39, 0.29) is 35.7 Å². The van der Waals surface area contributed by atoms with Gasteiger partial charge in [0.25, 0.3) is 5.91 Å². The van der Waals surface area contributed by atoms with E-state index in [1.54, 1.807) is 36.3 Å². The van der Waals surface area contributed by atoms with Crippen molar-refractivity contribution in [3.05, 3.63) is 59.8 Å². The maximum absolute atomic E-state index is 13.1. The van der Waals surface area contributed by atoms with Gasteiger partial charge in [0.15, 0.2) is 5.65 Å². The molecule has 206 valence electrons. The van der Waals surface area contributed by atoms with E-state index in [4.69, 9.17) is 10.5 Å². The number of amides is 1. The molecule has 39 heavy (non-hydrogen) atoms. The number of carbonyl (C=O) groups is 1. The first-order valence-corrected chi connectivity index (χ1v) is 12.4. The highest BCUT2D eigenvalue weighted by atomic mass is 19.4. The summed E-state index contributed by atoms with van der Waals surface area (Å²) in [4.78, 5) is 20.8. The summed E-state index contributed by atoms with van der Waals surface area (Å²) in [5.41, 5.74) is 7.12. The average molecular weight is 545 g/mol. The van der Waals surface area contributed by atoms with Crippen LogP contribution in [0.15, 0.2) is 43.0 Å². The highest BCUT2D eigenvalue weighted by Crippen LogP contribution is 2.36. The third-order valence-electron chi connectivity index (χ3n) is 6.70. The molecule has 0 aromatic carbocycles. The molecule has 2 atom stereocenters. The minimum atomic E-state index is -4.53. The molecule has 4 N–H and O–H groups in total. The van der Waals surface area contributed by atoms with E-state index in [9.17, 15) is 23.1 Å². The number of nitrogens with two attached hydrogens (primary N) is 1. The topological polar surface area (TPSA) is 145 Å². The van der Waals surface area contributed by atoms with Gasteiger partial charge in [-0.05, 0) is 43.4 Å². The molecule has 11 nitrogen and oxygen atoms in total. The Balaban J connectivity index is 1.53. The van der Waals surface area contributed by atoms with Crippen LogP contribution in [0.25, 0.3) is 16.8 Å². The minimum Gasteiger partial charge on any atom is -0.394 e. The SMILES string of the molecule is CC(CO)NC(=O)c1cc(-c2cnn(C(c3ccc(C(F)(F)F)nc3)C3CCOCC3)c2)cn2nc(N)nc12. The molecule has 14 heteroatoms. The first-order valence-electron chi connectivity index (χ1n) is 12.4. The van der Waals surface area contributed by atoms with Crippen LogP contribution in [0.4, 0.5) is 19.1 Å². The summed E-state index contributed by atoms with van der Waals surface area (Å²) in [6, 6.07) is 3.19. The van der Waals surface area contributed by atoms with Crippen LogP contribution in [-0.2, 0) is 10.9 Å². The van der Waals surface area contributed by atoms with Crippen molar-refractivity contribution in [3.63, 3.8) is 0 Å². The maximum Gasteiger partial charge on any atom is 0.433 e. The van der Waals surface area contributed by atoms with Gasteiger partial charge in [-0.3, -0.25) is 14.5 Å². The molecule has 0 saturated carbocycles. The van der Waals surface area contributed by atoms with E-state index in [1.807, 2.05) is 0 Å². The van der Waals surface area contributed by atoms with Crippen LogP contribution in [0.3, 0.4) is 0 Å². The minimum absolute atomic E-state index is 0.0125. The zero-order valence-corrected chi connectivity index (χ0v) is 21.0. The normalized spacial score (nSPS) is 16.3. The van der Waals surface area contributed by atoms with Crippen molar-refractivity contribution in [1.82, 2.24) is 34.7 Å². The number of nitrogen functional groups attached to an aromatic ring is 1. The van der Waals surface area contributed by atoms with Gasteiger partial charge in [-0.25, -0.2) is 4.52 Å². The van der Waals surface area contributed by atoms with E-state index in [0.29, 0.717) is 42.7 Å². The fourth-order valence-corrected chi connectivity index (χ4v) is 4.73. The zero-order valence-electron chi connectivity index (χ0n) is 21.0. The summed E-state index contributed by atoms with van der Waals surface area (Å²) < 4.78 is 48.0. The van der Waals surface area contributed by atoms with Crippen LogP contribution in [0.2, 0.25) is 0 Å². The highest BCUT2D eigenvalue weighted by Gasteiger charge is 2.34. The Morgan fingerprint density at radius 2 is 2.00 bits per heavy atom. The number of rotatable bonds is 7. The van der Waals surface area contributed by atoms with Gasteiger partial charge in [-0.1, -0.05) is 6.07 Å². The molecular formula is C25H27F3N8O3. The lowest BCUT2D eigenvalue weighted by atomic mass is 9.87. The van der Waals surface area contributed by atoms with Gasteiger partial charge in [-0.2, -0.15) is 23.3 Å². The van der Waals surface area contributed by atoms with Gasteiger partial charge < -0.3 is 20.9 Å². The van der Waals surface area contributed by atoms with Crippen LogP contribution >= 0.6 is 0 Å². The fraction of sp³-hybridized carbons (Fsp3) is 0.400. The summed E-state index contributed by atoms with van der Waals surface area (Å²) in [6.45, 7) is 2.50. The van der Waals surface area contributed by atoms with Gasteiger partial charge >= 0.3 is 6.18 Å². The smallest absolute Gasteiger partial charge is 0.394 e. The van der Waals surface area contributed by atoms with Gasteiger partial charge in [0.2, 0.25) is 5.95 Å². The van der Waals surface area contributed by atoms with Crippen molar-refractivity contribution in [2.45, 2.75) is 38.0 Å². The van der Waals surface area contributed by atoms with E-state index in [1.165, 1.54) is 16.8 Å². The monoisotopic (exact) mass is 544 g/mol. The van der Waals surface area contributed by atoms with E-state index >= 15 is 0 Å². The number of fused-ring (bicyclic) bond motifs is 1. The van der Waals surface area contributed by atoms with E-state index in [2.05, 4.69) is 25.5 Å².